The molecule has 2 aliphatic heterocycles. The number of carbonyl (C=O) groups excluding carboxylic acids is 1. The molecule has 1 amide bonds. The number of morpholine rings is 1. The molecule has 8 heteroatoms. The Kier molecular flexibility index (Phi) is 4.39. The van der Waals surface area contributed by atoms with E-state index >= 15 is 0 Å². The van der Waals surface area contributed by atoms with Gasteiger partial charge in [-0.3, -0.25) is 4.79 Å². The van der Waals surface area contributed by atoms with Crippen molar-refractivity contribution in [2.75, 3.05) is 25.4 Å². The zero-order chi connectivity index (χ0) is 16.6. The Morgan fingerprint density at radius 3 is 2.83 bits per heavy atom. The van der Waals surface area contributed by atoms with Crippen LogP contribution < -0.4 is 0 Å². The average Bonchev–Trinajstić information content (AvgIpc) is 2.95. The van der Waals surface area contributed by atoms with E-state index in [1.165, 1.54) is 16.4 Å². The molecule has 23 heavy (non-hydrogen) atoms. The highest BCUT2D eigenvalue weighted by Gasteiger charge is 2.46. The summed E-state index contributed by atoms with van der Waals surface area (Å²) in [4.78, 5) is 13.8. The molecule has 2 saturated heterocycles. The number of hydrogen-bond donors (Lipinski definition) is 0. The lowest BCUT2D eigenvalue weighted by Crippen LogP contribution is -2.53. The number of ether oxygens (including phenoxy) is 1. The van der Waals surface area contributed by atoms with Gasteiger partial charge in [0.2, 0.25) is 15.9 Å². The van der Waals surface area contributed by atoms with Gasteiger partial charge in [0, 0.05) is 19.6 Å². The molecule has 6 nitrogen and oxygen atoms in total. The lowest BCUT2D eigenvalue weighted by Gasteiger charge is -2.36. The van der Waals surface area contributed by atoms with Gasteiger partial charge in [0.15, 0.2) is 0 Å². The van der Waals surface area contributed by atoms with Gasteiger partial charge in [0.1, 0.15) is 12.4 Å². The van der Waals surface area contributed by atoms with Crippen molar-refractivity contribution in [1.29, 1.82) is 0 Å². The minimum atomic E-state index is -3.32. The molecule has 0 bridgehead atoms. The van der Waals surface area contributed by atoms with Crippen LogP contribution in [-0.2, 0) is 26.1 Å². The van der Waals surface area contributed by atoms with Crippen LogP contribution >= 0.6 is 0 Å². The van der Waals surface area contributed by atoms with Gasteiger partial charge in [-0.1, -0.05) is 12.1 Å². The van der Waals surface area contributed by atoms with Gasteiger partial charge in [0.05, 0.1) is 17.9 Å². The van der Waals surface area contributed by atoms with Gasteiger partial charge >= 0.3 is 0 Å². The first-order valence-electron chi connectivity index (χ1n) is 7.54. The van der Waals surface area contributed by atoms with Gasteiger partial charge in [-0.25, -0.2) is 12.8 Å². The van der Waals surface area contributed by atoms with Crippen molar-refractivity contribution in [2.24, 2.45) is 0 Å². The summed E-state index contributed by atoms with van der Waals surface area (Å²) < 4.78 is 44.3. The molecule has 0 aromatic heterocycles. The summed E-state index contributed by atoms with van der Waals surface area (Å²) in [6.07, 6.45) is -0.331. The Labute approximate surface area is 134 Å². The quantitative estimate of drug-likeness (QED) is 0.803. The number of carbonyl (C=O) groups is 1. The summed E-state index contributed by atoms with van der Waals surface area (Å²) in [5.74, 6) is -0.544. The molecule has 0 saturated carbocycles. The standard InChI is InChI=1S/C15H19FN2O4S/c1-2-23(20,21)17-8-13-14(9-17)22-10-15(19)18(13)7-11-4-3-5-12(16)6-11/h3-6,13-14H,2,7-10H2,1H3/t13-,14-/m1/s1. The van der Waals surface area contributed by atoms with E-state index in [0.717, 1.165) is 0 Å². The minimum Gasteiger partial charge on any atom is -0.365 e. The van der Waals surface area contributed by atoms with E-state index in [1.807, 2.05) is 0 Å². The van der Waals surface area contributed by atoms with Crippen molar-refractivity contribution in [2.45, 2.75) is 25.6 Å². The van der Waals surface area contributed by atoms with E-state index in [9.17, 15) is 17.6 Å². The first kappa shape index (κ1) is 16.4. The molecule has 0 radical (unpaired) electrons. The Morgan fingerprint density at radius 2 is 2.13 bits per heavy atom. The molecular formula is C15H19FN2O4S. The molecule has 0 aliphatic carbocycles. The maximum atomic E-state index is 13.3. The van der Waals surface area contributed by atoms with Crippen molar-refractivity contribution in [3.8, 4) is 0 Å². The third kappa shape index (κ3) is 3.24. The first-order valence-corrected chi connectivity index (χ1v) is 9.15. The normalized spacial score (nSPS) is 25.7. The van der Waals surface area contributed by atoms with Crippen molar-refractivity contribution in [3.63, 3.8) is 0 Å². The van der Waals surface area contributed by atoms with Crippen LogP contribution in [0.1, 0.15) is 12.5 Å². The third-order valence-electron chi connectivity index (χ3n) is 4.35. The highest BCUT2D eigenvalue weighted by atomic mass is 32.2. The van der Waals surface area contributed by atoms with Crippen molar-refractivity contribution in [1.82, 2.24) is 9.21 Å². The molecule has 0 N–H and O–H groups in total. The highest BCUT2D eigenvalue weighted by Crippen LogP contribution is 2.27. The molecular weight excluding hydrogens is 323 g/mol. The topological polar surface area (TPSA) is 66.9 Å². The fraction of sp³-hybridized carbons (Fsp3) is 0.533. The zero-order valence-corrected chi connectivity index (χ0v) is 13.6. The SMILES string of the molecule is CCS(=O)(=O)N1C[C@@H]2[C@@H](C1)OCC(=O)N2Cc1cccc(F)c1. The fourth-order valence-corrected chi connectivity index (χ4v) is 4.20. The number of rotatable bonds is 4. The Bertz CT molecular complexity index is 709. The highest BCUT2D eigenvalue weighted by molar-refractivity contribution is 7.89. The van der Waals surface area contributed by atoms with E-state index in [-0.39, 0.29) is 55.9 Å². The van der Waals surface area contributed by atoms with Gasteiger partial charge in [-0.15, -0.1) is 0 Å². The van der Waals surface area contributed by atoms with Crippen molar-refractivity contribution < 1.29 is 22.3 Å². The third-order valence-corrected chi connectivity index (χ3v) is 6.16. The van der Waals surface area contributed by atoms with Crippen LogP contribution in [-0.4, -0.2) is 61.1 Å². The second kappa shape index (κ2) is 6.18. The summed E-state index contributed by atoms with van der Waals surface area (Å²) in [6, 6.07) is 5.73. The smallest absolute Gasteiger partial charge is 0.249 e. The molecule has 0 spiro atoms. The van der Waals surface area contributed by atoms with Gasteiger partial charge in [-0.05, 0) is 24.6 Å². The Hall–Kier alpha value is -1.51. The molecule has 2 aliphatic rings. The second-order valence-electron chi connectivity index (χ2n) is 5.79. The Balaban J connectivity index is 1.81. The van der Waals surface area contributed by atoms with Gasteiger partial charge in [0.25, 0.3) is 0 Å². The van der Waals surface area contributed by atoms with Crippen LogP contribution in [0.5, 0.6) is 0 Å². The number of nitrogens with zero attached hydrogens (tertiary/aromatic N) is 2. The number of sulfonamides is 1. The van der Waals surface area contributed by atoms with Crippen LogP contribution in [0, 0.1) is 5.82 Å². The zero-order valence-electron chi connectivity index (χ0n) is 12.8. The average molecular weight is 342 g/mol. The summed E-state index contributed by atoms with van der Waals surface area (Å²) in [5, 5.41) is 0. The van der Waals surface area contributed by atoms with E-state index in [1.54, 1.807) is 24.0 Å². The summed E-state index contributed by atoms with van der Waals surface area (Å²) in [5.41, 5.74) is 0.677. The van der Waals surface area contributed by atoms with Crippen molar-refractivity contribution >= 4 is 15.9 Å². The lowest BCUT2D eigenvalue weighted by atomic mass is 10.1. The lowest BCUT2D eigenvalue weighted by molar-refractivity contribution is -0.153. The first-order chi connectivity index (χ1) is 10.9. The van der Waals surface area contributed by atoms with Gasteiger partial charge < -0.3 is 9.64 Å². The van der Waals surface area contributed by atoms with E-state index in [2.05, 4.69) is 0 Å². The molecule has 1 aromatic rings. The molecule has 126 valence electrons. The fourth-order valence-electron chi connectivity index (χ4n) is 3.08. The molecule has 2 atom stereocenters. The van der Waals surface area contributed by atoms with E-state index < -0.39 is 10.0 Å². The molecule has 1 aromatic carbocycles. The summed E-state index contributed by atoms with van der Waals surface area (Å²) in [6.45, 7) is 2.25. The summed E-state index contributed by atoms with van der Waals surface area (Å²) in [7, 11) is -3.32. The monoisotopic (exact) mass is 342 g/mol. The van der Waals surface area contributed by atoms with E-state index in [0.29, 0.717) is 5.56 Å². The molecule has 2 heterocycles. The van der Waals surface area contributed by atoms with Crippen molar-refractivity contribution in [3.05, 3.63) is 35.6 Å². The van der Waals surface area contributed by atoms with Crippen LogP contribution in [0.3, 0.4) is 0 Å². The van der Waals surface area contributed by atoms with E-state index in [4.69, 9.17) is 4.74 Å². The molecule has 0 unspecified atom stereocenters. The minimum absolute atomic E-state index is 0.0181. The second-order valence-corrected chi connectivity index (χ2v) is 8.04. The predicted molar refractivity (Wildman–Crippen MR) is 81.5 cm³/mol. The predicted octanol–water partition coefficient (Wildman–Crippen LogP) is 0.587. The van der Waals surface area contributed by atoms with Crippen LogP contribution in [0.25, 0.3) is 0 Å². The largest absolute Gasteiger partial charge is 0.365 e. The maximum absolute atomic E-state index is 13.3. The number of halogens is 1. The number of fused-ring (bicyclic) bond motifs is 1. The van der Waals surface area contributed by atoms with Crippen LogP contribution in [0.2, 0.25) is 0 Å². The maximum Gasteiger partial charge on any atom is 0.249 e. The molecule has 2 fully saturated rings. The van der Waals surface area contributed by atoms with Gasteiger partial charge in [-0.2, -0.15) is 4.31 Å². The number of hydrogen-bond acceptors (Lipinski definition) is 4. The Morgan fingerprint density at radius 1 is 1.35 bits per heavy atom. The molecule has 3 rings (SSSR count). The van der Waals surface area contributed by atoms with Crippen LogP contribution in [0.15, 0.2) is 24.3 Å². The number of benzene rings is 1. The van der Waals surface area contributed by atoms with Crippen LogP contribution in [0.4, 0.5) is 4.39 Å². The summed E-state index contributed by atoms with van der Waals surface area (Å²) >= 11 is 0. The number of amides is 1.